The predicted molar refractivity (Wildman–Crippen MR) is 56.4 cm³/mol. The first-order valence-corrected chi connectivity index (χ1v) is 4.90. The molecule has 0 saturated heterocycles. The summed E-state index contributed by atoms with van der Waals surface area (Å²) in [6.45, 7) is 1.81. The summed E-state index contributed by atoms with van der Waals surface area (Å²) in [5.41, 5.74) is 0.519. The van der Waals surface area contributed by atoms with E-state index < -0.39 is 28.8 Å². The lowest BCUT2D eigenvalue weighted by Crippen LogP contribution is -1.98. The van der Waals surface area contributed by atoms with E-state index >= 15 is 0 Å². The molecule has 0 unspecified atom stereocenters. The van der Waals surface area contributed by atoms with Crippen LogP contribution in [0.25, 0.3) is 11.1 Å². The van der Waals surface area contributed by atoms with Gasteiger partial charge in [0.2, 0.25) is 0 Å². The van der Waals surface area contributed by atoms with Gasteiger partial charge in [0.25, 0.3) is 0 Å². The normalized spacial score (nSPS) is 10.6. The van der Waals surface area contributed by atoms with Gasteiger partial charge in [-0.25, -0.2) is 17.6 Å². The van der Waals surface area contributed by atoms with Gasteiger partial charge >= 0.3 is 0 Å². The third kappa shape index (κ3) is 2.02. The fourth-order valence-corrected chi connectivity index (χ4v) is 1.55. The maximum atomic E-state index is 13.5. The predicted octanol–water partition coefficient (Wildman–Crippen LogP) is 4.22. The molecular weight excluding hydrogens is 232 g/mol. The van der Waals surface area contributed by atoms with Gasteiger partial charge in [-0.1, -0.05) is 29.8 Å². The van der Waals surface area contributed by atoms with Gasteiger partial charge in [0.15, 0.2) is 17.5 Å². The molecular formula is C13H8F4. The van der Waals surface area contributed by atoms with Crippen molar-refractivity contribution in [1.29, 1.82) is 0 Å². The largest absolute Gasteiger partial charge is 0.206 e. The quantitative estimate of drug-likeness (QED) is 0.397. The average molecular weight is 240 g/mol. The van der Waals surface area contributed by atoms with Crippen LogP contribution in [0.15, 0.2) is 30.3 Å². The molecule has 2 aromatic carbocycles. The number of halogens is 4. The molecule has 88 valence electrons. The number of aryl methyl sites for hydroxylation is 1. The fourth-order valence-electron chi connectivity index (χ4n) is 1.55. The minimum absolute atomic E-state index is 0.171. The fraction of sp³-hybridized carbons (Fsp3) is 0.0769. The zero-order valence-electron chi connectivity index (χ0n) is 8.90. The molecule has 0 heterocycles. The lowest BCUT2D eigenvalue weighted by molar-refractivity contribution is 0.437. The molecule has 17 heavy (non-hydrogen) atoms. The van der Waals surface area contributed by atoms with E-state index in [9.17, 15) is 17.6 Å². The zero-order chi connectivity index (χ0) is 12.6. The highest BCUT2D eigenvalue weighted by atomic mass is 19.2. The number of hydrogen-bond donors (Lipinski definition) is 0. The van der Waals surface area contributed by atoms with E-state index in [4.69, 9.17) is 0 Å². The Morgan fingerprint density at radius 2 is 1.35 bits per heavy atom. The third-order valence-corrected chi connectivity index (χ3v) is 2.45. The number of rotatable bonds is 1. The Labute approximate surface area is 95.5 Å². The Morgan fingerprint density at radius 3 is 1.94 bits per heavy atom. The molecule has 0 nitrogen and oxygen atoms in total. The van der Waals surface area contributed by atoms with E-state index in [1.807, 2.05) is 6.92 Å². The lowest BCUT2D eigenvalue weighted by Gasteiger charge is -2.07. The van der Waals surface area contributed by atoms with Crippen molar-refractivity contribution < 1.29 is 17.6 Å². The van der Waals surface area contributed by atoms with Crippen molar-refractivity contribution in [2.75, 3.05) is 0 Å². The maximum Gasteiger partial charge on any atom is 0.195 e. The molecule has 2 rings (SSSR count). The van der Waals surface area contributed by atoms with Crippen LogP contribution in [0.2, 0.25) is 0 Å². The Hall–Kier alpha value is -1.84. The molecule has 0 aliphatic carbocycles. The van der Waals surface area contributed by atoms with Crippen molar-refractivity contribution >= 4 is 0 Å². The summed E-state index contributed by atoms with van der Waals surface area (Å²) in [5.74, 6) is -5.82. The molecule has 0 radical (unpaired) electrons. The Kier molecular flexibility index (Phi) is 2.88. The zero-order valence-corrected chi connectivity index (χ0v) is 8.90. The average Bonchev–Trinajstić information content (AvgIpc) is 2.29. The molecule has 0 aromatic heterocycles. The highest BCUT2D eigenvalue weighted by Gasteiger charge is 2.19. The minimum atomic E-state index is -1.66. The molecule has 0 bridgehead atoms. The van der Waals surface area contributed by atoms with Gasteiger partial charge in [0, 0.05) is 6.07 Å². The standard InChI is InChI=1S/C13H8F4/c1-7-2-4-8(5-3-7)11-9(14)6-10(15)12(16)13(11)17/h2-6H,1H3. The number of benzene rings is 2. The van der Waals surface area contributed by atoms with Crippen molar-refractivity contribution in [2.45, 2.75) is 6.92 Å². The molecule has 0 aliphatic heterocycles. The monoisotopic (exact) mass is 240 g/mol. The Bertz CT molecular complexity index is 559. The maximum absolute atomic E-state index is 13.5. The molecule has 0 spiro atoms. The van der Waals surface area contributed by atoms with Crippen molar-refractivity contribution in [3.05, 3.63) is 59.2 Å². The van der Waals surface area contributed by atoms with Gasteiger partial charge in [0.1, 0.15) is 5.82 Å². The SMILES string of the molecule is Cc1ccc(-c2c(F)cc(F)c(F)c2F)cc1. The Balaban J connectivity index is 2.67. The third-order valence-electron chi connectivity index (χ3n) is 2.45. The van der Waals surface area contributed by atoms with Gasteiger partial charge in [0.05, 0.1) is 5.56 Å². The first-order valence-electron chi connectivity index (χ1n) is 4.90. The van der Waals surface area contributed by atoms with E-state index in [2.05, 4.69) is 0 Å². The highest BCUT2D eigenvalue weighted by Crippen LogP contribution is 2.29. The van der Waals surface area contributed by atoms with Crippen molar-refractivity contribution in [1.82, 2.24) is 0 Å². The topological polar surface area (TPSA) is 0 Å². The summed E-state index contributed by atoms with van der Waals surface area (Å²) in [6, 6.07) is 6.51. The smallest absolute Gasteiger partial charge is 0.195 e. The summed E-state index contributed by atoms with van der Waals surface area (Å²) in [6.07, 6.45) is 0. The summed E-state index contributed by atoms with van der Waals surface area (Å²) in [4.78, 5) is 0. The van der Waals surface area contributed by atoms with E-state index in [1.54, 1.807) is 12.1 Å². The van der Waals surface area contributed by atoms with Gasteiger partial charge in [-0.15, -0.1) is 0 Å². The molecule has 0 N–H and O–H groups in total. The second-order valence-corrected chi connectivity index (χ2v) is 3.71. The van der Waals surface area contributed by atoms with Crippen molar-refractivity contribution in [2.24, 2.45) is 0 Å². The van der Waals surface area contributed by atoms with Crippen LogP contribution in [0.5, 0.6) is 0 Å². The van der Waals surface area contributed by atoms with Gasteiger partial charge in [-0.3, -0.25) is 0 Å². The van der Waals surface area contributed by atoms with Gasteiger partial charge in [-0.05, 0) is 12.5 Å². The lowest BCUT2D eigenvalue weighted by atomic mass is 10.0. The van der Waals surface area contributed by atoms with Crippen LogP contribution < -0.4 is 0 Å². The second-order valence-electron chi connectivity index (χ2n) is 3.71. The first kappa shape index (κ1) is 11.6. The van der Waals surface area contributed by atoms with E-state index in [0.29, 0.717) is 6.07 Å². The van der Waals surface area contributed by atoms with Crippen LogP contribution in [0.3, 0.4) is 0 Å². The summed E-state index contributed by atoms with van der Waals surface area (Å²) in [7, 11) is 0. The van der Waals surface area contributed by atoms with Gasteiger partial charge < -0.3 is 0 Å². The minimum Gasteiger partial charge on any atom is -0.206 e. The molecule has 0 aliphatic rings. The van der Waals surface area contributed by atoms with Crippen LogP contribution in [0.4, 0.5) is 17.6 Å². The van der Waals surface area contributed by atoms with Crippen LogP contribution >= 0.6 is 0 Å². The molecule has 4 heteroatoms. The number of hydrogen-bond acceptors (Lipinski definition) is 0. The van der Waals surface area contributed by atoms with Crippen molar-refractivity contribution in [3.63, 3.8) is 0 Å². The van der Waals surface area contributed by atoms with Crippen LogP contribution in [0, 0.1) is 30.2 Å². The molecule has 2 aromatic rings. The molecule has 0 fully saturated rings. The summed E-state index contributed by atoms with van der Waals surface area (Å²) >= 11 is 0. The molecule has 0 saturated carbocycles. The highest BCUT2D eigenvalue weighted by molar-refractivity contribution is 5.65. The molecule has 0 atom stereocenters. The summed E-state index contributed by atoms with van der Waals surface area (Å²) in [5, 5.41) is 0. The van der Waals surface area contributed by atoms with Gasteiger partial charge in [-0.2, -0.15) is 0 Å². The van der Waals surface area contributed by atoms with E-state index in [0.717, 1.165) is 5.56 Å². The summed E-state index contributed by atoms with van der Waals surface area (Å²) < 4.78 is 52.7. The van der Waals surface area contributed by atoms with Crippen LogP contribution in [-0.2, 0) is 0 Å². The van der Waals surface area contributed by atoms with Crippen LogP contribution in [0.1, 0.15) is 5.56 Å². The first-order chi connectivity index (χ1) is 8.00. The molecule has 0 amide bonds. The van der Waals surface area contributed by atoms with E-state index in [-0.39, 0.29) is 5.56 Å². The van der Waals surface area contributed by atoms with Crippen molar-refractivity contribution in [3.8, 4) is 11.1 Å². The Morgan fingerprint density at radius 1 is 0.765 bits per heavy atom. The van der Waals surface area contributed by atoms with E-state index in [1.165, 1.54) is 12.1 Å². The van der Waals surface area contributed by atoms with Crippen LogP contribution in [-0.4, -0.2) is 0 Å². The second kappa shape index (κ2) is 4.20.